The molecule has 8 heteroatoms. The van der Waals surface area contributed by atoms with Crippen LogP contribution in [0.2, 0.25) is 10.0 Å². The lowest BCUT2D eigenvalue weighted by atomic mass is 9.94. The zero-order valence-electron chi connectivity index (χ0n) is 16.9. The Labute approximate surface area is 183 Å². The van der Waals surface area contributed by atoms with Gasteiger partial charge in [0.05, 0.1) is 11.9 Å². The fraction of sp³-hybridized carbons (Fsp3) is 0.381. The topological polar surface area (TPSA) is 66.5 Å². The van der Waals surface area contributed by atoms with E-state index in [-0.39, 0.29) is 18.0 Å². The Hall–Kier alpha value is -1.76. The number of rotatable bonds is 8. The first kappa shape index (κ1) is 23.5. The standard InChI is InChI=1S/C21H26Cl2N2O3S/c1-5-19(20(26)24-21(2,3)14-15-9-7-6-8-10-15)25(29(4,27)28)18-12-16(22)11-17(23)13-18/h6-13,19H,5,14H2,1-4H3,(H,24,26)/t19-/m1/s1. The molecule has 0 aliphatic heterocycles. The molecule has 1 amide bonds. The van der Waals surface area contributed by atoms with Crippen LogP contribution in [-0.4, -0.2) is 32.2 Å². The van der Waals surface area contributed by atoms with Gasteiger partial charge in [-0.05, 0) is 50.5 Å². The van der Waals surface area contributed by atoms with Gasteiger partial charge in [0.25, 0.3) is 0 Å². The van der Waals surface area contributed by atoms with Crippen LogP contribution >= 0.6 is 23.2 Å². The van der Waals surface area contributed by atoms with Gasteiger partial charge >= 0.3 is 0 Å². The van der Waals surface area contributed by atoms with Crippen molar-refractivity contribution in [2.45, 2.75) is 45.2 Å². The molecule has 0 aliphatic rings. The molecule has 158 valence electrons. The fourth-order valence-electron chi connectivity index (χ4n) is 3.29. The van der Waals surface area contributed by atoms with E-state index in [1.54, 1.807) is 6.92 Å². The van der Waals surface area contributed by atoms with E-state index in [4.69, 9.17) is 23.2 Å². The molecule has 0 saturated heterocycles. The first-order valence-electron chi connectivity index (χ1n) is 9.24. The van der Waals surface area contributed by atoms with Crippen molar-refractivity contribution < 1.29 is 13.2 Å². The number of carbonyl (C=O) groups is 1. The summed E-state index contributed by atoms with van der Waals surface area (Å²) in [5.74, 6) is -0.380. The number of halogens is 2. The summed E-state index contributed by atoms with van der Waals surface area (Å²) in [5.41, 5.74) is 0.765. The van der Waals surface area contributed by atoms with Gasteiger partial charge in [0, 0.05) is 15.6 Å². The Morgan fingerprint density at radius 1 is 1.10 bits per heavy atom. The van der Waals surface area contributed by atoms with E-state index in [1.165, 1.54) is 18.2 Å². The number of sulfonamides is 1. The third-order valence-corrected chi connectivity index (χ3v) is 6.00. The Morgan fingerprint density at radius 3 is 2.14 bits per heavy atom. The van der Waals surface area contributed by atoms with Gasteiger partial charge in [-0.3, -0.25) is 9.10 Å². The lowest BCUT2D eigenvalue weighted by molar-refractivity contribution is -0.123. The van der Waals surface area contributed by atoms with Gasteiger partial charge in [-0.1, -0.05) is 60.5 Å². The molecule has 2 aromatic carbocycles. The van der Waals surface area contributed by atoms with Crippen LogP contribution in [0.15, 0.2) is 48.5 Å². The van der Waals surface area contributed by atoms with Gasteiger partial charge in [0.2, 0.25) is 15.9 Å². The molecular weight excluding hydrogens is 431 g/mol. The van der Waals surface area contributed by atoms with Crippen molar-refractivity contribution in [1.82, 2.24) is 5.32 Å². The van der Waals surface area contributed by atoms with Crippen LogP contribution in [0.4, 0.5) is 5.69 Å². The first-order chi connectivity index (χ1) is 13.4. The van der Waals surface area contributed by atoms with Crippen molar-refractivity contribution in [3.8, 4) is 0 Å². The number of nitrogens with one attached hydrogen (secondary N) is 1. The molecule has 0 aliphatic carbocycles. The molecule has 2 aromatic rings. The third-order valence-electron chi connectivity index (χ3n) is 4.38. The number of nitrogens with zero attached hydrogens (tertiary/aromatic N) is 1. The minimum absolute atomic E-state index is 0.257. The molecule has 0 aromatic heterocycles. The van der Waals surface area contributed by atoms with Crippen LogP contribution in [0.3, 0.4) is 0 Å². The molecule has 0 heterocycles. The minimum atomic E-state index is -3.77. The molecule has 0 radical (unpaired) electrons. The monoisotopic (exact) mass is 456 g/mol. The molecular formula is C21H26Cl2N2O3S. The van der Waals surface area contributed by atoms with Gasteiger partial charge in [0.15, 0.2) is 0 Å². The average molecular weight is 457 g/mol. The lowest BCUT2D eigenvalue weighted by Gasteiger charge is -2.34. The summed E-state index contributed by atoms with van der Waals surface area (Å²) in [6.07, 6.45) is 1.95. The van der Waals surface area contributed by atoms with Crippen LogP contribution in [0.5, 0.6) is 0 Å². The Balaban J connectivity index is 2.33. The van der Waals surface area contributed by atoms with Crippen LogP contribution in [0, 0.1) is 0 Å². The summed E-state index contributed by atoms with van der Waals surface area (Å²) in [4.78, 5) is 13.1. The molecule has 29 heavy (non-hydrogen) atoms. The number of carbonyl (C=O) groups excluding carboxylic acids is 1. The molecule has 0 fully saturated rings. The Kier molecular flexibility index (Phi) is 7.60. The summed E-state index contributed by atoms with van der Waals surface area (Å²) in [6, 6.07) is 13.3. The van der Waals surface area contributed by atoms with Gasteiger partial charge in [-0.15, -0.1) is 0 Å². The second kappa shape index (κ2) is 9.37. The fourth-order valence-corrected chi connectivity index (χ4v) is 5.00. The van der Waals surface area contributed by atoms with Crippen LogP contribution in [0.25, 0.3) is 0 Å². The SMILES string of the molecule is CC[C@H](C(=O)NC(C)(C)Cc1ccccc1)N(c1cc(Cl)cc(Cl)c1)S(C)(=O)=O. The maximum Gasteiger partial charge on any atom is 0.244 e. The smallest absolute Gasteiger partial charge is 0.244 e. The van der Waals surface area contributed by atoms with Gasteiger partial charge in [0.1, 0.15) is 6.04 Å². The summed E-state index contributed by atoms with van der Waals surface area (Å²) in [6.45, 7) is 5.58. The summed E-state index contributed by atoms with van der Waals surface area (Å²) >= 11 is 12.1. The second-order valence-electron chi connectivity index (χ2n) is 7.65. The van der Waals surface area contributed by atoms with Crippen molar-refractivity contribution in [2.24, 2.45) is 0 Å². The highest BCUT2D eigenvalue weighted by atomic mass is 35.5. The van der Waals surface area contributed by atoms with Crippen molar-refractivity contribution in [3.05, 3.63) is 64.1 Å². The van der Waals surface area contributed by atoms with E-state index < -0.39 is 21.6 Å². The maximum absolute atomic E-state index is 13.1. The van der Waals surface area contributed by atoms with Crippen molar-refractivity contribution in [1.29, 1.82) is 0 Å². The van der Waals surface area contributed by atoms with Gasteiger partial charge < -0.3 is 5.32 Å². The largest absolute Gasteiger partial charge is 0.349 e. The van der Waals surface area contributed by atoms with E-state index in [0.29, 0.717) is 16.5 Å². The quantitative estimate of drug-likeness (QED) is 0.626. The molecule has 0 saturated carbocycles. The van der Waals surface area contributed by atoms with Crippen molar-refractivity contribution >= 4 is 44.8 Å². The van der Waals surface area contributed by atoms with Crippen LogP contribution in [-0.2, 0) is 21.2 Å². The predicted molar refractivity (Wildman–Crippen MR) is 120 cm³/mol. The minimum Gasteiger partial charge on any atom is -0.349 e. The average Bonchev–Trinajstić information content (AvgIpc) is 2.57. The zero-order chi connectivity index (χ0) is 21.8. The lowest BCUT2D eigenvalue weighted by Crippen LogP contribution is -2.55. The van der Waals surface area contributed by atoms with E-state index in [0.717, 1.165) is 16.1 Å². The third kappa shape index (κ3) is 6.63. The number of anilines is 1. The number of hydrogen-bond acceptors (Lipinski definition) is 3. The van der Waals surface area contributed by atoms with Crippen molar-refractivity contribution in [3.63, 3.8) is 0 Å². The molecule has 1 N–H and O–H groups in total. The molecule has 2 rings (SSSR count). The van der Waals surface area contributed by atoms with Crippen LogP contribution in [0.1, 0.15) is 32.8 Å². The number of benzene rings is 2. The zero-order valence-corrected chi connectivity index (χ0v) is 19.3. The van der Waals surface area contributed by atoms with E-state index in [9.17, 15) is 13.2 Å². The summed E-state index contributed by atoms with van der Waals surface area (Å²) in [7, 11) is -3.77. The second-order valence-corrected chi connectivity index (χ2v) is 10.4. The van der Waals surface area contributed by atoms with E-state index in [1.807, 2.05) is 44.2 Å². The van der Waals surface area contributed by atoms with Gasteiger partial charge in [-0.25, -0.2) is 8.42 Å². The molecule has 1 atom stereocenters. The highest BCUT2D eigenvalue weighted by Crippen LogP contribution is 2.29. The summed E-state index contributed by atoms with van der Waals surface area (Å²) < 4.78 is 26.2. The Bertz CT molecular complexity index is 943. The Morgan fingerprint density at radius 2 is 1.66 bits per heavy atom. The molecule has 5 nitrogen and oxygen atoms in total. The summed E-state index contributed by atoms with van der Waals surface area (Å²) in [5, 5.41) is 3.58. The number of amides is 1. The van der Waals surface area contributed by atoms with E-state index in [2.05, 4.69) is 5.32 Å². The normalized spacial score (nSPS) is 13.0. The first-order valence-corrected chi connectivity index (χ1v) is 11.8. The van der Waals surface area contributed by atoms with Crippen molar-refractivity contribution in [2.75, 3.05) is 10.6 Å². The maximum atomic E-state index is 13.1. The predicted octanol–water partition coefficient (Wildman–Crippen LogP) is 4.68. The molecule has 0 unspecified atom stereocenters. The molecule has 0 spiro atoms. The van der Waals surface area contributed by atoms with E-state index >= 15 is 0 Å². The highest BCUT2D eigenvalue weighted by molar-refractivity contribution is 7.92. The van der Waals surface area contributed by atoms with Gasteiger partial charge in [-0.2, -0.15) is 0 Å². The van der Waals surface area contributed by atoms with Crippen LogP contribution < -0.4 is 9.62 Å². The molecule has 0 bridgehead atoms. The highest BCUT2D eigenvalue weighted by Gasteiger charge is 2.34. The number of hydrogen-bond donors (Lipinski definition) is 1.